The van der Waals surface area contributed by atoms with E-state index in [9.17, 15) is 4.79 Å². The first kappa shape index (κ1) is 12.2. The van der Waals surface area contributed by atoms with Crippen LogP contribution in [-0.4, -0.2) is 18.5 Å². The van der Waals surface area contributed by atoms with Gasteiger partial charge < -0.3 is 9.53 Å². The average Bonchev–Trinajstić information content (AvgIpc) is 2.27. The number of carbonyl (C=O) groups is 1. The molecule has 0 N–H and O–H groups in total. The molecule has 2 atom stereocenters. The maximum Gasteiger partial charge on any atom is 0.126 e. The molecule has 1 rings (SSSR count). The van der Waals surface area contributed by atoms with Gasteiger partial charge in [-0.05, 0) is 32.6 Å². The van der Waals surface area contributed by atoms with E-state index in [-0.39, 0.29) is 11.0 Å². The lowest BCUT2D eigenvalue weighted by Crippen LogP contribution is -2.43. The van der Waals surface area contributed by atoms with Crippen molar-refractivity contribution in [2.75, 3.05) is 6.61 Å². The van der Waals surface area contributed by atoms with Gasteiger partial charge in [-0.25, -0.2) is 0 Å². The fourth-order valence-corrected chi connectivity index (χ4v) is 2.29. The van der Waals surface area contributed by atoms with Gasteiger partial charge in [0.05, 0.1) is 11.7 Å². The van der Waals surface area contributed by atoms with Gasteiger partial charge in [-0.3, -0.25) is 0 Å². The van der Waals surface area contributed by atoms with Gasteiger partial charge in [-0.15, -0.1) is 0 Å². The number of hydrogen-bond acceptors (Lipinski definition) is 3. The van der Waals surface area contributed by atoms with Crippen LogP contribution < -0.4 is 0 Å². The number of carbonyl (C=O) groups excluding carboxylic acids is 1. The van der Waals surface area contributed by atoms with Crippen LogP contribution in [0.2, 0.25) is 0 Å². The molecular weight excluding hydrogens is 190 g/mol. The molecule has 0 amide bonds. The molecule has 0 aromatic rings. The molecule has 3 heteroatoms. The van der Waals surface area contributed by atoms with Crippen LogP contribution in [0.15, 0.2) is 0 Å². The second kappa shape index (κ2) is 4.76. The lowest BCUT2D eigenvalue weighted by molar-refractivity contribution is -0.141. The van der Waals surface area contributed by atoms with Gasteiger partial charge in [0.1, 0.15) is 6.29 Å². The smallest absolute Gasteiger partial charge is 0.126 e. The van der Waals surface area contributed by atoms with Gasteiger partial charge in [0.25, 0.3) is 0 Å². The predicted octanol–water partition coefficient (Wildman–Crippen LogP) is 2.45. The van der Waals surface area contributed by atoms with Crippen molar-refractivity contribution >= 4 is 6.29 Å². The van der Waals surface area contributed by atoms with Crippen molar-refractivity contribution in [1.29, 1.82) is 5.26 Å². The van der Waals surface area contributed by atoms with E-state index >= 15 is 0 Å². The minimum Gasteiger partial charge on any atom is -0.375 e. The van der Waals surface area contributed by atoms with Crippen LogP contribution in [0.25, 0.3) is 0 Å². The normalized spacial score (nSPS) is 35.8. The molecule has 0 aromatic carbocycles. The lowest BCUT2D eigenvalue weighted by Gasteiger charge is -2.43. The van der Waals surface area contributed by atoms with Crippen LogP contribution in [0.3, 0.4) is 0 Å². The molecule has 1 saturated heterocycles. The quantitative estimate of drug-likeness (QED) is 0.668. The molecule has 0 spiro atoms. The van der Waals surface area contributed by atoms with Crippen molar-refractivity contribution in [1.82, 2.24) is 0 Å². The van der Waals surface area contributed by atoms with E-state index in [4.69, 9.17) is 10.00 Å². The number of ether oxygens (including phenoxy) is 1. The first-order valence-electron chi connectivity index (χ1n) is 5.57. The number of nitrogens with zero attached hydrogens (tertiary/aromatic N) is 1. The Morgan fingerprint density at radius 3 is 2.87 bits per heavy atom. The fourth-order valence-electron chi connectivity index (χ4n) is 2.29. The third-order valence-electron chi connectivity index (χ3n) is 3.51. The zero-order chi connectivity index (χ0) is 11.4. The van der Waals surface area contributed by atoms with Crippen LogP contribution in [-0.2, 0) is 9.53 Å². The average molecular weight is 209 g/mol. The first-order chi connectivity index (χ1) is 7.10. The van der Waals surface area contributed by atoms with E-state index in [1.54, 1.807) is 0 Å². The Hall–Kier alpha value is -0.880. The standard InChI is InChI=1S/C12H19NO2/c1-3-11(2)9-12(10-14,5-4-7-13)6-8-15-11/h10H,3-6,8-9H2,1-2H3. The molecule has 1 aliphatic rings. The third-order valence-corrected chi connectivity index (χ3v) is 3.51. The summed E-state index contributed by atoms with van der Waals surface area (Å²) < 4.78 is 5.71. The largest absolute Gasteiger partial charge is 0.375 e. The van der Waals surface area contributed by atoms with Crippen molar-refractivity contribution < 1.29 is 9.53 Å². The molecule has 0 aromatic heterocycles. The molecule has 2 unspecified atom stereocenters. The van der Waals surface area contributed by atoms with Crippen LogP contribution in [0.1, 0.15) is 46.0 Å². The second-order valence-electron chi connectivity index (χ2n) is 4.72. The van der Waals surface area contributed by atoms with Gasteiger partial charge >= 0.3 is 0 Å². The molecule has 84 valence electrons. The van der Waals surface area contributed by atoms with Gasteiger partial charge in [-0.1, -0.05) is 6.92 Å². The highest BCUT2D eigenvalue weighted by atomic mass is 16.5. The Bertz CT molecular complexity index is 271. The summed E-state index contributed by atoms with van der Waals surface area (Å²) in [6.07, 6.45) is 4.59. The molecule has 15 heavy (non-hydrogen) atoms. The summed E-state index contributed by atoms with van der Waals surface area (Å²) in [7, 11) is 0. The van der Waals surface area contributed by atoms with Crippen molar-refractivity contribution in [3.05, 3.63) is 0 Å². The summed E-state index contributed by atoms with van der Waals surface area (Å²) >= 11 is 0. The maximum atomic E-state index is 11.2. The van der Waals surface area contributed by atoms with Crippen LogP contribution in [0.5, 0.6) is 0 Å². The molecule has 1 aliphatic heterocycles. The zero-order valence-electron chi connectivity index (χ0n) is 9.58. The molecule has 1 heterocycles. The Morgan fingerprint density at radius 1 is 1.60 bits per heavy atom. The van der Waals surface area contributed by atoms with Gasteiger partial charge in [0, 0.05) is 18.4 Å². The minimum atomic E-state index is -0.321. The summed E-state index contributed by atoms with van der Waals surface area (Å²) in [6, 6.07) is 2.12. The second-order valence-corrected chi connectivity index (χ2v) is 4.72. The van der Waals surface area contributed by atoms with E-state index < -0.39 is 0 Å². The monoisotopic (exact) mass is 209 g/mol. The predicted molar refractivity (Wildman–Crippen MR) is 57.2 cm³/mol. The van der Waals surface area contributed by atoms with Gasteiger partial charge in [0.15, 0.2) is 0 Å². The van der Waals surface area contributed by atoms with Crippen LogP contribution in [0, 0.1) is 16.7 Å². The van der Waals surface area contributed by atoms with Crippen LogP contribution >= 0.6 is 0 Å². The molecule has 3 nitrogen and oxygen atoms in total. The SMILES string of the molecule is CCC1(C)CC(C=O)(CCC#N)CCO1. The summed E-state index contributed by atoms with van der Waals surface area (Å²) in [6.45, 7) is 4.76. The Kier molecular flexibility index (Phi) is 3.87. The lowest BCUT2D eigenvalue weighted by atomic mass is 9.71. The van der Waals surface area contributed by atoms with Crippen LogP contribution in [0.4, 0.5) is 0 Å². The minimum absolute atomic E-state index is 0.186. The molecule has 0 aliphatic carbocycles. The Morgan fingerprint density at radius 2 is 2.33 bits per heavy atom. The number of aldehydes is 1. The van der Waals surface area contributed by atoms with E-state index in [2.05, 4.69) is 19.9 Å². The number of nitriles is 1. The molecule has 1 fully saturated rings. The van der Waals surface area contributed by atoms with Gasteiger partial charge in [0.2, 0.25) is 0 Å². The summed E-state index contributed by atoms with van der Waals surface area (Å²) in [4.78, 5) is 11.2. The van der Waals surface area contributed by atoms with E-state index in [1.165, 1.54) is 0 Å². The highest BCUT2D eigenvalue weighted by molar-refractivity contribution is 5.60. The fraction of sp³-hybridized carbons (Fsp3) is 0.833. The summed E-state index contributed by atoms with van der Waals surface area (Å²) in [5, 5.41) is 8.60. The zero-order valence-corrected chi connectivity index (χ0v) is 9.58. The molecular formula is C12H19NO2. The van der Waals surface area contributed by atoms with Crippen molar-refractivity contribution in [2.24, 2.45) is 5.41 Å². The maximum absolute atomic E-state index is 11.2. The van der Waals surface area contributed by atoms with Crippen molar-refractivity contribution in [2.45, 2.75) is 51.6 Å². The van der Waals surface area contributed by atoms with E-state index in [0.29, 0.717) is 19.4 Å². The molecule has 0 radical (unpaired) electrons. The van der Waals surface area contributed by atoms with Crippen molar-refractivity contribution in [3.8, 4) is 6.07 Å². The highest BCUT2D eigenvalue weighted by Gasteiger charge is 2.41. The molecule has 0 saturated carbocycles. The van der Waals surface area contributed by atoms with Gasteiger partial charge in [-0.2, -0.15) is 5.26 Å². The van der Waals surface area contributed by atoms with E-state index in [1.807, 2.05) is 0 Å². The Labute approximate surface area is 91.4 Å². The summed E-state index contributed by atoms with van der Waals surface area (Å²) in [5.41, 5.74) is -0.507. The Balaban J connectivity index is 2.73. The first-order valence-corrected chi connectivity index (χ1v) is 5.57. The number of hydrogen-bond donors (Lipinski definition) is 0. The summed E-state index contributed by atoms with van der Waals surface area (Å²) in [5.74, 6) is 0. The van der Waals surface area contributed by atoms with Crippen molar-refractivity contribution in [3.63, 3.8) is 0 Å². The third kappa shape index (κ3) is 2.79. The topological polar surface area (TPSA) is 50.1 Å². The highest BCUT2D eigenvalue weighted by Crippen LogP contribution is 2.42. The van der Waals surface area contributed by atoms with E-state index in [0.717, 1.165) is 25.5 Å². The number of rotatable bonds is 4. The molecule has 0 bridgehead atoms.